The quantitative estimate of drug-likeness (QED) is 0.936. The first-order valence-corrected chi connectivity index (χ1v) is 7.39. The molecule has 1 aliphatic rings. The fraction of sp³-hybridized carbons (Fsp3) is 0.500. The van der Waals surface area contributed by atoms with Crippen LogP contribution in [-0.2, 0) is 0 Å². The molecular formula is C16H22N4O. The van der Waals surface area contributed by atoms with Crippen LogP contribution in [0, 0.1) is 0 Å². The Bertz CT molecular complexity index is 657. The molecule has 1 aliphatic carbocycles. The van der Waals surface area contributed by atoms with Gasteiger partial charge in [0.15, 0.2) is 5.69 Å². The first-order chi connectivity index (χ1) is 10.0. The van der Waals surface area contributed by atoms with Crippen molar-refractivity contribution in [1.82, 2.24) is 20.0 Å². The molecule has 1 heterocycles. The highest BCUT2D eigenvalue weighted by molar-refractivity contribution is 6.04. The number of rotatable bonds is 4. The number of H-pyrrole nitrogens is 1. The van der Waals surface area contributed by atoms with Crippen molar-refractivity contribution in [3.8, 4) is 0 Å². The summed E-state index contributed by atoms with van der Waals surface area (Å²) in [6.07, 6.45) is 3.55. The molecule has 1 amide bonds. The van der Waals surface area contributed by atoms with Crippen molar-refractivity contribution in [3.63, 3.8) is 0 Å². The van der Waals surface area contributed by atoms with Gasteiger partial charge in [-0.3, -0.25) is 9.89 Å². The van der Waals surface area contributed by atoms with Crippen LogP contribution in [0.2, 0.25) is 0 Å². The number of nitrogens with one attached hydrogen (secondary N) is 1. The van der Waals surface area contributed by atoms with Crippen molar-refractivity contribution in [2.24, 2.45) is 0 Å². The monoisotopic (exact) mass is 286 g/mol. The summed E-state index contributed by atoms with van der Waals surface area (Å²) in [5, 5.41) is 8.03. The first-order valence-electron chi connectivity index (χ1n) is 7.39. The predicted molar refractivity (Wildman–Crippen MR) is 83.3 cm³/mol. The molecule has 3 rings (SSSR count). The van der Waals surface area contributed by atoms with Gasteiger partial charge in [0.1, 0.15) is 0 Å². The van der Waals surface area contributed by atoms with Crippen LogP contribution in [0.4, 0.5) is 0 Å². The maximum absolute atomic E-state index is 12.7. The van der Waals surface area contributed by atoms with E-state index in [0.29, 0.717) is 5.69 Å². The topological polar surface area (TPSA) is 52.2 Å². The lowest BCUT2D eigenvalue weighted by atomic mass is 9.75. The summed E-state index contributed by atoms with van der Waals surface area (Å²) >= 11 is 0. The average molecular weight is 286 g/mol. The van der Waals surface area contributed by atoms with E-state index >= 15 is 0 Å². The molecule has 0 atom stereocenters. The average Bonchev–Trinajstić information content (AvgIpc) is 2.85. The lowest BCUT2D eigenvalue weighted by Crippen LogP contribution is -2.57. The normalized spacial score (nSPS) is 17.0. The number of likely N-dealkylation sites (N-methyl/N-ethyl adjacent to an activating group) is 2. The number of benzene rings is 1. The molecule has 1 fully saturated rings. The van der Waals surface area contributed by atoms with E-state index in [9.17, 15) is 4.79 Å². The Labute approximate surface area is 124 Å². The van der Waals surface area contributed by atoms with Crippen LogP contribution in [0.25, 0.3) is 10.9 Å². The molecule has 2 aromatic rings. The van der Waals surface area contributed by atoms with E-state index in [4.69, 9.17) is 0 Å². The van der Waals surface area contributed by atoms with Gasteiger partial charge in [0.2, 0.25) is 0 Å². The zero-order valence-corrected chi connectivity index (χ0v) is 12.9. The maximum atomic E-state index is 12.7. The van der Waals surface area contributed by atoms with E-state index in [1.54, 1.807) is 0 Å². The number of carbonyl (C=O) groups is 1. The number of aromatic amines is 1. The van der Waals surface area contributed by atoms with Gasteiger partial charge < -0.3 is 9.80 Å². The molecule has 0 bridgehead atoms. The maximum Gasteiger partial charge on any atom is 0.274 e. The Hall–Kier alpha value is -1.88. The van der Waals surface area contributed by atoms with Crippen LogP contribution in [0.3, 0.4) is 0 Å². The van der Waals surface area contributed by atoms with E-state index < -0.39 is 0 Å². The molecule has 0 spiro atoms. The third-order valence-corrected chi connectivity index (χ3v) is 4.78. The Morgan fingerprint density at radius 3 is 2.62 bits per heavy atom. The fourth-order valence-electron chi connectivity index (χ4n) is 3.15. The Balaban J connectivity index is 1.81. The number of fused-ring (bicyclic) bond motifs is 1. The molecular weight excluding hydrogens is 264 g/mol. The lowest BCUT2D eigenvalue weighted by Gasteiger charge is -2.49. The lowest BCUT2D eigenvalue weighted by molar-refractivity contribution is 0.0251. The zero-order valence-electron chi connectivity index (χ0n) is 12.9. The van der Waals surface area contributed by atoms with Gasteiger partial charge >= 0.3 is 0 Å². The van der Waals surface area contributed by atoms with Crippen LogP contribution >= 0.6 is 0 Å². The van der Waals surface area contributed by atoms with Gasteiger partial charge in [0.25, 0.3) is 5.91 Å². The highest BCUT2D eigenvalue weighted by Gasteiger charge is 2.41. The van der Waals surface area contributed by atoms with Gasteiger partial charge in [0.05, 0.1) is 5.52 Å². The number of hydrogen-bond donors (Lipinski definition) is 1. The van der Waals surface area contributed by atoms with Crippen molar-refractivity contribution < 1.29 is 4.79 Å². The fourth-order valence-corrected chi connectivity index (χ4v) is 3.15. The van der Waals surface area contributed by atoms with Crippen molar-refractivity contribution in [2.75, 3.05) is 27.7 Å². The molecule has 0 unspecified atom stereocenters. The van der Waals surface area contributed by atoms with Crippen molar-refractivity contribution >= 4 is 16.8 Å². The minimum Gasteiger partial charge on any atom is -0.338 e. The molecule has 5 heteroatoms. The molecule has 1 N–H and O–H groups in total. The SMILES string of the molecule is CN(CC1(N(C)C)CCC1)C(=O)c1n[nH]c2ccccc12. The standard InChI is InChI=1S/C16H22N4O/c1-19(2)16(9-6-10-16)11-20(3)15(21)14-12-7-4-5-8-13(12)17-18-14/h4-5,7-8H,6,9-11H2,1-3H3,(H,17,18). The minimum atomic E-state index is -0.0134. The van der Waals surface area contributed by atoms with Crippen LogP contribution in [0.15, 0.2) is 24.3 Å². The predicted octanol–water partition coefficient (Wildman–Crippen LogP) is 2.12. The summed E-state index contributed by atoms with van der Waals surface area (Å²) in [6.45, 7) is 0.750. The number of carbonyl (C=O) groups excluding carboxylic acids is 1. The molecule has 21 heavy (non-hydrogen) atoms. The van der Waals surface area contributed by atoms with E-state index in [2.05, 4.69) is 29.2 Å². The molecule has 0 saturated heterocycles. The molecule has 112 valence electrons. The molecule has 1 saturated carbocycles. The molecule has 5 nitrogen and oxygen atoms in total. The molecule has 0 aliphatic heterocycles. The van der Waals surface area contributed by atoms with Crippen LogP contribution in [0.5, 0.6) is 0 Å². The number of para-hydroxylation sites is 1. The van der Waals surface area contributed by atoms with Gasteiger partial charge in [-0.1, -0.05) is 18.2 Å². The van der Waals surface area contributed by atoms with Gasteiger partial charge in [-0.25, -0.2) is 0 Å². The smallest absolute Gasteiger partial charge is 0.274 e. The van der Waals surface area contributed by atoms with Gasteiger partial charge in [-0.15, -0.1) is 0 Å². The minimum absolute atomic E-state index is 0.0134. The van der Waals surface area contributed by atoms with E-state index in [0.717, 1.165) is 30.3 Å². The van der Waals surface area contributed by atoms with Gasteiger partial charge in [-0.05, 0) is 39.4 Å². The van der Waals surface area contributed by atoms with E-state index in [1.807, 2.05) is 36.2 Å². The summed E-state index contributed by atoms with van der Waals surface area (Å²) in [6, 6.07) is 7.74. The third-order valence-electron chi connectivity index (χ3n) is 4.78. The number of nitrogens with zero attached hydrogens (tertiary/aromatic N) is 3. The largest absolute Gasteiger partial charge is 0.338 e. The van der Waals surface area contributed by atoms with Gasteiger partial charge in [-0.2, -0.15) is 5.10 Å². The van der Waals surface area contributed by atoms with E-state index in [-0.39, 0.29) is 11.4 Å². The summed E-state index contributed by atoms with van der Waals surface area (Å²) in [7, 11) is 6.07. The molecule has 0 radical (unpaired) electrons. The Morgan fingerprint density at radius 2 is 2.00 bits per heavy atom. The Kier molecular flexibility index (Phi) is 3.45. The molecule has 1 aromatic carbocycles. The second-order valence-corrected chi connectivity index (χ2v) is 6.25. The second-order valence-electron chi connectivity index (χ2n) is 6.25. The summed E-state index contributed by atoms with van der Waals surface area (Å²) in [5.41, 5.74) is 1.55. The van der Waals surface area contributed by atoms with Crippen molar-refractivity contribution in [3.05, 3.63) is 30.0 Å². The highest BCUT2D eigenvalue weighted by atomic mass is 16.2. The van der Waals surface area contributed by atoms with Crippen LogP contribution in [0.1, 0.15) is 29.8 Å². The number of hydrogen-bond acceptors (Lipinski definition) is 3. The summed E-state index contributed by atoms with van der Waals surface area (Å²) in [5.74, 6) is -0.0134. The first kappa shape index (κ1) is 14.1. The number of aromatic nitrogens is 2. The van der Waals surface area contributed by atoms with Gasteiger partial charge in [0, 0.05) is 24.5 Å². The summed E-state index contributed by atoms with van der Waals surface area (Å²) < 4.78 is 0. The van der Waals surface area contributed by atoms with Crippen LogP contribution in [-0.4, -0.2) is 59.1 Å². The second kappa shape index (κ2) is 5.15. The highest BCUT2D eigenvalue weighted by Crippen LogP contribution is 2.36. The Morgan fingerprint density at radius 1 is 1.29 bits per heavy atom. The molecule has 1 aromatic heterocycles. The zero-order chi connectivity index (χ0) is 15.0. The van der Waals surface area contributed by atoms with Crippen molar-refractivity contribution in [2.45, 2.75) is 24.8 Å². The van der Waals surface area contributed by atoms with Crippen LogP contribution < -0.4 is 0 Å². The number of amides is 1. The third kappa shape index (κ3) is 2.31. The van der Waals surface area contributed by atoms with E-state index in [1.165, 1.54) is 6.42 Å². The summed E-state index contributed by atoms with van der Waals surface area (Å²) in [4.78, 5) is 16.7. The van der Waals surface area contributed by atoms with Crippen molar-refractivity contribution in [1.29, 1.82) is 0 Å².